The fraction of sp³-hybridized carbons (Fsp3) is 1.00. The summed E-state index contributed by atoms with van der Waals surface area (Å²) < 4.78 is 0. The molecule has 0 aromatic rings. The number of nitrogens with one attached hydrogen (secondary N) is 1. The predicted octanol–water partition coefficient (Wildman–Crippen LogP) is 1.54. The zero-order valence-electron chi connectivity index (χ0n) is 14.3. The summed E-state index contributed by atoms with van der Waals surface area (Å²) in [6, 6.07) is 0.757. The molecule has 0 amide bonds. The summed E-state index contributed by atoms with van der Waals surface area (Å²) in [5.74, 6) is 0.630. The topological polar surface area (TPSA) is 38.7 Å². The zero-order valence-corrected chi connectivity index (χ0v) is 14.3. The summed E-state index contributed by atoms with van der Waals surface area (Å²) in [5.41, 5.74) is -0.00753. The Bertz CT molecular complexity index is 298. The highest BCUT2D eigenvalue weighted by molar-refractivity contribution is 4.98. The lowest BCUT2D eigenvalue weighted by Crippen LogP contribution is -2.50. The minimum absolute atomic E-state index is 0.00753. The minimum atomic E-state index is -0.00753. The van der Waals surface area contributed by atoms with E-state index in [1.54, 1.807) is 0 Å². The van der Waals surface area contributed by atoms with Gasteiger partial charge in [-0.2, -0.15) is 0 Å². The Hall–Kier alpha value is -0.160. The van der Waals surface area contributed by atoms with Crippen molar-refractivity contribution in [2.24, 2.45) is 5.92 Å². The Balaban J connectivity index is 1.77. The third kappa shape index (κ3) is 3.98. The molecule has 21 heavy (non-hydrogen) atoms. The van der Waals surface area contributed by atoms with Gasteiger partial charge in [0.1, 0.15) is 0 Å². The monoisotopic (exact) mass is 297 g/mol. The Morgan fingerprint density at radius 1 is 1.29 bits per heavy atom. The minimum Gasteiger partial charge on any atom is -0.394 e. The second-order valence-electron chi connectivity index (χ2n) is 7.09. The molecule has 0 aromatic heterocycles. The first-order valence-corrected chi connectivity index (χ1v) is 8.87. The molecule has 2 N–H and O–H groups in total. The molecule has 2 aliphatic rings. The van der Waals surface area contributed by atoms with Gasteiger partial charge in [0.25, 0.3) is 0 Å². The molecule has 1 saturated carbocycles. The summed E-state index contributed by atoms with van der Waals surface area (Å²) in [6.45, 7) is 7.42. The van der Waals surface area contributed by atoms with Crippen molar-refractivity contribution in [2.75, 3.05) is 46.9 Å². The maximum absolute atomic E-state index is 9.78. The molecule has 124 valence electrons. The van der Waals surface area contributed by atoms with Crippen molar-refractivity contribution in [3.63, 3.8) is 0 Å². The smallest absolute Gasteiger partial charge is 0.0615 e. The third-order valence-corrected chi connectivity index (χ3v) is 6.19. The van der Waals surface area contributed by atoms with Crippen LogP contribution in [-0.4, -0.2) is 73.4 Å². The molecular formula is C17H35N3O. The Morgan fingerprint density at radius 2 is 2.00 bits per heavy atom. The van der Waals surface area contributed by atoms with E-state index in [0.717, 1.165) is 12.5 Å². The fourth-order valence-corrected chi connectivity index (χ4v) is 4.40. The highest BCUT2D eigenvalue weighted by Crippen LogP contribution is 2.37. The largest absolute Gasteiger partial charge is 0.394 e. The molecule has 4 heteroatoms. The number of likely N-dealkylation sites (tertiary alicyclic amines) is 1. The van der Waals surface area contributed by atoms with E-state index in [1.807, 2.05) is 7.05 Å². The molecule has 0 aromatic carbocycles. The average molecular weight is 297 g/mol. The van der Waals surface area contributed by atoms with E-state index in [1.165, 1.54) is 58.3 Å². The van der Waals surface area contributed by atoms with Crippen LogP contribution in [0, 0.1) is 5.92 Å². The van der Waals surface area contributed by atoms with Crippen LogP contribution in [0.15, 0.2) is 0 Å². The number of aliphatic hydroxyl groups is 1. The fourth-order valence-electron chi connectivity index (χ4n) is 4.40. The quantitative estimate of drug-likeness (QED) is 0.748. The van der Waals surface area contributed by atoms with E-state index < -0.39 is 0 Å². The summed E-state index contributed by atoms with van der Waals surface area (Å²) in [4.78, 5) is 5.13. The van der Waals surface area contributed by atoms with Crippen LogP contribution in [0.1, 0.15) is 45.4 Å². The lowest BCUT2D eigenvalue weighted by molar-refractivity contribution is 0.1000. The van der Waals surface area contributed by atoms with Crippen LogP contribution in [-0.2, 0) is 0 Å². The highest BCUT2D eigenvalue weighted by atomic mass is 16.3. The summed E-state index contributed by atoms with van der Waals surface area (Å²) in [5, 5.41) is 13.2. The normalized spacial score (nSPS) is 32.1. The van der Waals surface area contributed by atoms with Gasteiger partial charge in [0.15, 0.2) is 0 Å². The maximum Gasteiger partial charge on any atom is 0.0615 e. The SMILES string of the molecule is CCN1CCC(N(C)CCC2CCCC2(CO)NC)CC1. The number of hydrogen-bond acceptors (Lipinski definition) is 4. The molecule has 1 aliphatic heterocycles. The molecule has 2 fully saturated rings. The van der Waals surface area contributed by atoms with Crippen LogP contribution in [0.25, 0.3) is 0 Å². The predicted molar refractivity (Wildman–Crippen MR) is 88.6 cm³/mol. The van der Waals surface area contributed by atoms with Gasteiger partial charge < -0.3 is 20.2 Å². The summed E-state index contributed by atoms with van der Waals surface area (Å²) >= 11 is 0. The molecule has 2 unspecified atom stereocenters. The van der Waals surface area contributed by atoms with Crippen molar-refractivity contribution < 1.29 is 5.11 Å². The zero-order chi connectivity index (χ0) is 15.3. The van der Waals surface area contributed by atoms with Gasteiger partial charge in [-0.1, -0.05) is 13.3 Å². The summed E-state index contributed by atoms with van der Waals surface area (Å²) in [7, 11) is 4.31. The van der Waals surface area contributed by atoms with Gasteiger partial charge in [-0.05, 0) is 78.3 Å². The molecule has 2 rings (SSSR count). The molecule has 0 radical (unpaired) electrons. The van der Waals surface area contributed by atoms with Crippen molar-refractivity contribution in [1.29, 1.82) is 0 Å². The van der Waals surface area contributed by atoms with E-state index in [4.69, 9.17) is 0 Å². The molecule has 1 aliphatic carbocycles. The molecule has 0 spiro atoms. The van der Waals surface area contributed by atoms with Gasteiger partial charge >= 0.3 is 0 Å². The molecule has 2 atom stereocenters. The highest BCUT2D eigenvalue weighted by Gasteiger charge is 2.40. The standard InChI is InChI=1S/C17H35N3O/c1-4-20-12-8-16(9-13-20)19(3)11-7-15-6-5-10-17(15,14-21)18-2/h15-16,18,21H,4-14H2,1-3H3. The lowest BCUT2D eigenvalue weighted by atomic mass is 9.85. The maximum atomic E-state index is 9.78. The van der Waals surface area contributed by atoms with Crippen molar-refractivity contribution >= 4 is 0 Å². The van der Waals surface area contributed by atoms with Crippen LogP contribution < -0.4 is 5.32 Å². The van der Waals surface area contributed by atoms with Crippen LogP contribution in [0.2, 0.25) is 0 Å². The van der Waals surface area contributed by atoms with Crippen molar-refractivity contribution in [3.8, 4) is 0 Å². The summed E-state index contributed by atoms with van der Waals surface area (Å²) in [6.07, 6.45) is 7.49. The molecule has 4 nitrogen and oxygen atoms in total. The van der Waals surface area contributed by atoms with E-state index in [9.17, 15) is 5.11 Å². The van der Waals surface area contributed by atoms with Crippen molar-refractivity contribution in [2.45, 2.75) is 57.0 Å². The second kappa shape index (κ2) is 7.91. The average Bonchev–Trinajstić information content (AvgIpc) is 2.96. The van der Waals surface area contributed by atoms with E-state index in [0.29, 0.717) is 5.92 Å². The molecule has 1 heterocycles. The van der Waals surface area contributed by atoms with Gasteiger partial charge in [0.2, 0.25) is 0 Å². The Kier molecular flexibility index (Phi) is 6.48. The Morgan fingerprint density at radius 3 is 2.57 bits per heavy atom. The number of piperidine rings is 1. The number of nitrogens with zero attached hydrogens (tertiary/aromatic N) is 2. The van der Waals surface area contributed by atoms with Crippen LogP contribution >= 0.6 is 0 Å². The van der Waals surface area contributed by atoms with Crippen LogP contribution in [0.5, 0.6) is 0 Å². The number of likely N-dealkylation sites (N-methyl/N-ethyl adjacent to an activating group) is 1. The molecule has 1 saturated heterocycles. The molecular weight excluding hydrogens is 262 g/mol. The first-order chi connectivity index (χ1) is 10.1. The Labute approximate surface area is 130 Å². The first-order valence-electron chi connectivity index (χ1n) is 8.87. The number of hydrogen-bond donors (Lipinski definition) is 2. The number of rotatable bonds is 7. The number of aliphatic hydroxyl groups excluding tert-OH is 1. The van der Waals surface area contributed by atoms with E-state index in [-0.39, 0.29) is 12.1 Å². The van der Waals surface area contributed by atoms with Crippen molar-refractivity contribution in [1.82, 2.24) is 15.1 Å². The lowest BCUT2D eigenvalue weighted by Gasteiger charge is -2.38. The van der Waals surface area contributed by atoms with Gasteiger partial charge in [0.05, 0.1) is 6.61 Å². The van der Waals surface area contributed by atoms with Crippen molar-refractivity contribution in [3.05, 3.63) is 0 Å². The first kappa shape index (κ1) is 17.2. The van der Waals surface area contributed by atoms with Crippen LogP contribution in [0.4, 0.5) is 0 Å². The van der Waals surface area contributed by atoms with Gasteiger partial charge in [-0.15, -0.1) is 0 Å². The van der Waals surface area contributed by atoms with E-state index in [2.05, 4.69) is 29.1 Å². The van der Waals surface area contributed by atoms with E-state index >= 15 is 0 Å². The van der Waals surface area contributed by atoms with Gasteiger partial charge in [-0.3, -0.25) is 0 Å². The molecule has 0 bridgehead atoms. The van der Waals surface area contributed by atoms with Gasteiger partial charge in [-0.25, -0.2) is 0 Å². The van der Waals surface area contributed by atoms with Crippen LogP contribution in [0.3, 0.4) is 0 Å². The van der Waals surface area contributed by atoms with Gasteiger partial charge in [0, 0.05) is 11.6 Å². The second-order valence-corrected chi connectivity index (χ2v) is 7.09. The third-order valence-electron chi connectivity index (χ3n) is 6.19.